The molecule has 0 radical (unpaired) electrons. The van der Waals surface area contributed by atoms with Gasteiger partial charge in [-0.25, -0.2) is 0 Å². The predicted molar refractivity (Wildman–Crippen MR) is 52.5 cm³/mol. The third kappa shape index (κ3) is 1.22. The van der Waals surface area contributed by atoms with Gasteiger partial charge in [-0.1, -0.05) is 6.08 Å². The van der Waals surface area contributed by atoms with E-state index < -0.39 is 0 Å². The number of hydrogen-bond donors (Lipinski definition) is 1. The Morgan fingerprint density at radius 2 is 2.46 bits per heavy atom. The molecular formula is C10H11N3. The maximum absolute atomic E-state index is 4.30. The van der Waals surface area contributed by atoms with Gasteiger partial charge in [0.25, 0.3) is 0 Å². The molecule has 66 valence electrons. The Morgan fingerprint density at radius 1 is 1.62 bits per heavy atom. The maximum atomic E-state index is 4.30. The summed E-state index contributed by atoms with van der Waals surface area (Å²) in [5.41, 5.74) is 3.09. The highest BCUT2D eigenvalue weighted by molar-refractivity contribution is 5.83. The fraction of sp³-hybridized carbons (Fsp3) is 0.200. The molecule has 0 bridgehead atoms. The number of hydrogen-bond acceptors (Lipinski definition) is 2. The van der Waals surface area contributed by atoms with Crippen LogP contribution in [-0.2, 0) is 6.42 Å². The highest BCUT2D eigenvalue weighted by atomic mass is 15.1. The minimum absolute atomic E-state index is 0.789. The standard InChI is InChI=1S/C10H11N3/c1-3-4-8-10-7(2)12-13-9(10)5-6-11-8/h3,5-6H,1,4H2,2H3,(H,12,13). The molecule has 0 unspecified atom stereocenters. The molecule has 3 nitrogen and oxygen atoms in total. The molecule has 0 saturated heterocycles. The molecule has 2 rings (SSSR count). The summed E-state index contributed by atoms with van der Waals surface area (Å²) < 4.78 is 0. The first-order chi connectivity index (χ1) is 6.33. The molecule has 0 atom stereocenters. The molecule has 1 N–H and O–H groups in total. The Labute approximate surface area is 76.5 Å². The number of rotatable bonds is 2. The second-order valence-electron chi connectivity index (χ2n) is 2.98. The summed E-state index contributed by atoms with van der Waals surface area (Å²) in [4.78, 5) is 4.30. The molecule has 13 heavy (non-hydrogen) atoms. The first-order valence-corrected chi connectivity index (χ1v) is 4.22. The summed E-state index contributed by atoms with van der Waals surface area (Å²) in [6.07, 6.45) is 4.44. The second-order valence-corrected chi connectivity index (χ2v) is 2.98. The Bertz CT molecular complexity index is 442. The molecule has 0 amide bonds. The molecule has 0 spiro atoms. The zero-order chi connectivity index (χ0) is 9.26. The normalized spacial score (nSPS) is 10.5. The van der Waals surface area contributed by atoms with Crippen LogP contribution in [0.25, 0.3) is 10.9 Å². The minimum Gasteiger partial charge on any atom is -0.277 e. The number of H-pyrrole nitrogens is 1. The third-order valence-corrected chi connectivity index (χ3v) is 2.07. The van der Waals surface area contributed by atoms with Gasteiger partial charge in [0.1, 0.15) is 0 Å². The maximum Gasteiger partial charge on any atom is 0.0688 e. The molecule has 0 aliphatic rings. The van der Waals surface area contributed by atoms with Crippen molar-refractivity contribution < 1.29 is 0 Å². The number of aryl methyl sites for hydroxylation is 1. The first-order valence-electron chi connectivity index (χ1n) is 4.22. The lowest BCUT2D eigenvalue weighted by molar-refractivity contribution is 1.07. The number of nitrogens with one attached hydrogen (secondary N) is 1. The van der Waals surface area contributed by atoms with E-state index in [0.717, 1.165) is 28.7 Å². The van der Waals surface area contributed by atoms with E-state index in [1.807, 2.05) is 19.1 Å². The molecule has 0 saturated carbocycles. The topological polar surface area (TPSA) is 41.6 Å². The summed E-state index contributed by atoms with van der Waals surface area (Å²) in [6, 6.07) is 1.93. The smallest absolute Gasteiger partial charge is 0.0688 e. The van der Waals surface area contributed by atoms with Crippen molar-refractivity contribution in [1.82, 2.24) is 15.2 Å². The van der Waals surface area contributed by atoms with Crippen molar-refractivity contribution in [2.75, 3.05) is 0 Å². The fourth-order valence-electron chi connectivity index (χ4n) is 1.49. The lowest BCUT2D eigenvalue weighted by Gasteiger charge is -1.97. The van der Waals surface area contributed by atoms with Gasteiger partial charge in [0.2, 0.25) is 0 Å². The van der Waals surface area contributed by atoms with E-state index in [1.165, 1.54) is 0 Å². The fourth-order valence-corrected chi connectivity index (χ4v) is 1.49. The number of pyridine rings is 1. The summed E-state index contributed by atoms with van der Waals surface area (Å²) in [7, 11) is 0. The quantitative estimate of drug-likeness (QED) is 0.705. The van der Waals surface area contributed by atoms with Gasteiger partial charge in [0.15, 0.2) is 0 Å². The van der Waals surface area contributed by atoms with Crippen LogP contribution < -0.4 is 0 Å². The van der Waals surface area contributed by atoms with Crippen LogP contribution in [0, 0.1) is 6.92 Å². The summed E-state index contributed by atoms with van der Waals surface area (Å²) in [5.74, 6) is 0. The zero-order valence-electron chi connectivity index (χ0n) is 7.54. The van der Waals surface area contributed by atoms with Crippen LogP contribution in [0.4, 0.5) is 0 Å². The minimum atomic E-state index is 0.789. The van der Waals surface area contributed by atoms with Crippen molar-refractivity contribution in [1.29, 1.82) is 0 Å². The van der Waals surface area contributed by atoms with E-state index in [1.54, 1.807) is 6.20 Å². The molecule has 3 heteroatoms. The monoisotopic (exact) mass is 173 g/mol. The Morgan fingerprint density at radius 3 is 3.23 bits per heavy atom. The van der Waals surface area contributed by atoms with E-state index in [-0.39, 0.29) is 0 Å². The molecule has 2 aromatic rings. The van der Waals surface area contributed by atoms with E-state index >= 15 is 0 Å². The van der Waals surface area contributed by atoms with E-state index in [2.05, 4.69) is 21.8 Å². The van der Waals surface area contributed by atoms with Crippen molar-refractivity contribution in [2.24, 2.45) is 0 Å². The van der Waals surface area contributed by atoms with Crippen molar-refractivity contribution >= 4 is 10.9 Å². The van der Waals surface area contributed by atoms with Crippen LogP contribution in [0.15, 0.2) is 24.9 Å². The van der Waals surface area contributed by atoms with Gasteiger partial charge < -0.3 is 0 Å². The van der Waals surface area contributed by atoms with Gasteiger partial charge in [0, 0.05) is 18.0 Å². The number of aromatic amines is 1. The molecular weight excluding hydrogens is 162 g/mol. The molecule has 0 aliphatic heterocycles. The molecule has 2 heterocycles. The van der Waals surface area contributed by atoms with E-state index in [9.17, 15) is 0 Å². The van der Waals surface area contributed by atoms with Gasteiger partial charge in [-0.15, -0.1) is 6.58 Å². The molecule has 0 fully saturated rings. The van der Waals surface area contributed by atoms with Gasteiger partial charge in [-0.05, 0) is 13.0 Å². The van der Waals surface area contributed by atoms with Gasteiger partial charge >= 0.3 is 0 Å². The van der Waals surface area contributed by atoms with Crippen LogP contribution in [0.1, 0.15) is 11.4 Å². The lowest BCUT2D eigenvalue weighted by Crippen LogP contribution is -1.88. The highest BCUT2D eigenvalue weighted by Crippen LogP contribution is 2.18. The van der Waals surface area contributed by atoms with Gasteiger partial charge in [0.05, 0.1) is 16.9 Å². The van der Waals surface area contributed by atoms with Crippen molar-refractivity contribution in [3.8, 4) is 0 Å². The van der Waals surface area contributed by atoms with Crippen LogP contribution in [0.2, 0.25) is 0 Å². The summed E-state index contributed by atoms with van der Waals surface area (Å²) in [6.45, 7) is 5.69. The number of nitrogens with zero attached hydrogens (tertiary/aromatic N) is 2. The average Bonchev–Trinajstić information content (AvgIpc) is 2.50. The van der Waals surface area contributed by atoms with Crippen LogP contribution in [0.3, 0.4) is 0 Å². The second kappa shape index (κ2) is 3.01. The third-order valence-electron chi connectivity index (χ3n) is 2.07. The van der Waals surface area contributed by atoms with Crippen molar-refractivity contribution in [3.63, 3.8) is 0 Å². The number of fused-ring (bicyclic) bond motifs is 1. The predicted octanol–water partition coefficient (Wildman–Crippen LogP) is 1.99. The van der Waals surface area contributed by atoms with E-state index in [0.29, 0.717) is 0 Å². The van der Waals surface area contributed by atoms with Crippen molar-refractivity contribution in [3.05, 3.63) is 36.3 Å². The number of aromatic nitrogens is 3. The summed E-state index contributed by atoms with van der Waals surface area (Å²) in [5, 5.41) is 8.23. The van der Waals surface area contributed by atoms with Gasteiger partial charge in [-0.3, -0.25) is 10.1 Å². The Hall–Kier alpha value is -1.64. The van der Waals surface area contributed by atoms with Crippen LogP contribution >= 0.6 is 0 Å². The first kappa shape index (κ1) is 7.98. The van der Waals surface area contributed by atoms with E-state index in [4.69, 9.17) is 0 Å². The Balaban J connectivity index is 2.72. The zero-order valence-corrected chi connectivity index (χ0v) is 7.54. The Kier molecular flexibility index (Phi) is 1.85. The molecule has 2 aromatic heterocycles. The average molecular weight is 173 g/mol. The largest absolute Gasteiger partial charge is 0.277 e. The van der Waals surface area contributed by atoms with Crippen molar-refractivity contribution in [2.45, 2.75) is 13.3 Å². The lowest BCUT2D eigenvalue weighted by atomic mass is 10.1. The van der Waals surface area contributed by atoms with Gasteiger partial charge in [-0.2, -0.15) is 5.10 Å². The van der Waals surface area contributed by atoms with Crippen LogP contribution in [-0.4, -0.2) is 15.2 Å². The molecule has 0 aliphatic carbocycles. The summed E-state index contributed by atoms with van der Waals surface area (Å²) >= 11 is 0. The number of allylic oxidation sites excluding steroid dienone is 1. The highest BCUT2D eigenvalue weighted by Gasteiger charge is 2.05. The SMILES string of the molecule is C=CCc1nccc2[nH]nc(C)c12. The van der Waals surface area contributed by atoms with Crippen LogP contribution in [0.5, 0.6) is 0 Å². The molecule has 0 aromatic carbocycles.